The fraction of sp³-hybridized carbons (Fsp3) is 0.360. The van der Waals surface area contributed by atoms with Gasteiger partial charge in [0.25, 0.3) is 0 Å². The molecule has 1 aliphatic rings. The smallest absolute Gasteiger partial charge is 0.344 e. The van der Waals surface area contributed by atoms with Crippen LogP contribution in [0, 0.1) is 13.8 Å². The van der Waals surface area contributed by atoms with Gasteiger partial charge in [0.15, 0.2) is 6.61 Å². The van der Waals surface area contributed by atoms with Crippen LogP contribution in [-0.4, -0.2) is 18.7 Å². The van der Waals surface area contributed by atoms with Crippen LogP contribution in [-0.2, 0) is 9.53 Å². The summed E-state index contributed by atoms with van der Waals surface area (Å²) in [6.45, 7) is 3.55. The van der Waals surface area contributed by atoms with Crippen LogP contribution in [0.4, 0.5) is 0 Å². The number of benzene rings is 2. The molecule has 0 atom stereocenters. The van der Waals surface area contributed by atoms with Crippen molar-refractivity contribution >= 4 is 28.5 Å². The summed E-state index contributed by atoms with van der Waals surface area (Å²) >= 11 is 6.19. The summed E-state index contributed by atoms with van der Waals surface area (Å²) in [5.74, 6) is 0.602. The molecule has 32 heavy (non-hydrogen) atoms. The van der Waals surface area contributed by atoms with E-state index in [-0.39, 0.29) is 23.9 Å². The maximum atomic E-state index is 12.8. The highest BCUT2D eigenvalue weighted by molar-refractivity contribution is 6.32. The summed E-state index contributed by atoms with van der Waals surface area (Å²) in [5.41, 5.74) is 1.75. The molecule has 168 valence electrons. The van der Waals surface area contributed by atoms with E-state index in [2.05, 4.69) is 0 Å². The molecular formula is C25H25ClO6. The number of hydrogen-bond donors (Lipinski definition) is 0. The molecule has 7 heteroatoms. The second kappa shape index (κ2) is 9.65. The average Bonchev–Trinajstić information content (AvgIpc) is 2.78. The summed E-state index contributed by atoms with van der Waals surface area (Å²) < 4.78 is 22.4. The van der Waals surface area contributed by atoms with Gasteiger partial charge in [0.05, 0.1) is 5.39 Å². The standard InChI is InChI=1S/C25H25ClO6/c1-15-10-19(11-16(2)24(15)26)31-22-13-30-21-12-18(8-9-20(21)25(22)28)29-14-23(27)32-17-6-4-3-5-7-17/h8-13,17H,3-7,14H2,1-2H3. The van der Waals surface area contributed by atoms with E-state index in [9.17, 15) is 9.59 Å². The topological polar surface area (TPSA) is 75.0 Å². The Morgan fingerprint density at radius 2 is 1.78 bits per heavy atom. The van der Waals surface area contributed by atoms with Gasteiger partial charge in [0.1, 0.15) is 29.4 Å². The second-order valence-electron chi connectivity index (χ2n) is 8.10. The summed E-state index contributed by atoms with van der Waals surface area (Å²) in [7, 11) is 0. The lowest BCUT2D eigenvalue weighted by molar-refractivity contribution is -0.152. The lowest BCUT2D eigenvalue weighted by Gasteiger charge is -2.21. The molecule has 0 unspecified atom stereocenters. The Morgan fingerprint density at radius 1 is 1.06 bits per heavy atom. The van der Waals surface area contributed by atoms with Gasteiger partial charge in [-0.05, 0) is 74.9 Å². The van der Waals surface area contributed by atoms with E-state index in [0.29, 0.717) is 27.5 Å². The van der Waals surface area contributed by atoms with E-state index in [4.69, 9.17) is 30.2 Å². The van der Waals surface area contributed by atoms with Gasteiger partial charge < -0.3 is 18.6 Å². The highest BCUT2D eigenvalue weighted by Crippen LogP contribution is 2.29. The molecular weight excluding hydrogens is 432 g/mol. The Labute approximate surface area is 191 Å². The summed E-state index contributed by atoms with van der Waals surface area (Å²) in [5, 5.41) is 1.01. The Hall–Kier alpha value is -2.99. The molecule has 1 saturated carbocycles. The molecule has 0 aliphatic heterocycles. The van der Waals surface area contributed by atoms with E-state index in [0.717, 1.165) is 36.8 Å². The number of carbonyl (C=O) groups excluding carboxylic acids is 1. The number of esters is 1. The maximum absolute atomic E-state index is 12.8. The minimum atomic E-state index is -0.393. The van der Waals surface area contributed by atoms with Crippen molar-refractivity contribution in [2.24, 2.45) is 0 Å². The van der Waals surface area contributed by atoms with Gasteiger partial charge in [-0.2, -0.15) is 0 Å². The Balaban J connectivity index is 1.45. The summed E-state index contributed by atoms with van der Waals surface area (Å²) in [4.78, 5) is 24.9. The molecule has 0 amide bonds. The number of halogens is 1. The predicted molar refractivity (Wildman–Crippen MR) is 122 cm³/mol. The van der Waals surface area contributed by atoms with Crippen LogP contribution in [0.2, 0.25) is 5.02 Å². The minimum Gasteiger partial charge on any atom is -0.482 e. The monoisotopic (exact) mass is 456 g/mol. The zero-order chi connectivity index (χ0) is 22.7. The Bertz CT molecular complexity index is 1170. The first-order valence-corrected chi connectivity index (χ1v) is 11.1. The largest absolute Gasteiger partial charge is 0.482 e. The zero-order valence-corrected chi connectivity index (χ0v) is 18.9. The van der Waals surface area contributed by atoms with Gasteiger partial charge in [-0.25, -0.2) is 4.79 Å². The quantitative estimate of drug-likeness (QED) is 0.416. The lowest BCUT2D eigenvalue weighted by Crippen LogP contribution is -2.24. The van der Waals surface area contributed by atoms with Crippen molar-refractivity contribution in [2.75, 3.05) is 6.61 Å². The molecule has 1 heterocycles. The highest BCUT2D eigenvalue weighted by Gasteiger charge is 2.18. The molecule has 1 fully saturated rings. The number of carbonyl (C=O) groups is 1. The van der Waals surface area contributed by atoms with Crippen molar-refractivity contribution < 1.29 is 23.4 Å². The van der Waals surface area contributed by atoms with Gasteiger partial charge in [-0.15, -0.1) is 0 Å². The van der Waals surface area contributed by atoms with Crippen molar-refractivity contribution in [3.8, 4) is 17.2 Å². The van der Waals surface area contributed by atoms with Crippen molar-refractivity contribution in [1.82, 2.24) is 0 Å². The van der Waals surface area contributed by atoms with Gasteiger partial charge in [0.2, 0.25) is 11.2 Å². The van der Waals surface area contributed by atoms with Gasteiger partial charge in [-0.3, -0.25) is 4.79 Å². The van der Waals surface area contributed by atoms with Crippen LogP contribution in [0.5, 0.6) is 17.2 Å². The predicted octanol–water partition coefficient (Wildman–Crippen LogP) is 6.11. The van der Waals surface area contributed by atoms with Crippen LogP contribution >= 0.6 is 11.6 Å². The SMILES string of the molecule is Cc1cc(Oc2coc3cc(OCC(=O)OC4CCCCC4)ccc3c2=O)cc(C)c1Cl. The van der Waals surface area contributed by atoms with Gasteiger partial charge in [0, 0.05) is 11.1 Å². The normalized spacial score (nSPS) is 14.3. The van der Waals surface area contributed by atoms with E-state index >= 15 is 0 Å². The fourth-order valence-corrected chi connectivity index (χ4v) is 4.00. The molecule has 4 rings (SSSR count). The summed E-state index contributed by atoms with van der Waals surface area (Å²) in [6.07, 6.45) is 6.44. The molecule has 1 aliphatic carbocycles. The third-order valence-electron chi connectivity index (χ3n) is 5.56. The van der Waals surface area contributed by atoms with Crippen molar-refractivity contribution in [3.05, 3.63) is 63.0 Å². The molecule has 0 radical (unpaired) electrons. The van der Waals surface area contributed by atoms with E-state index in [1.165, 1.54) is 12.7 Å². The van der Waals surface area contributed by atoms with Crippen molar-refractivity contribution in [2.45, 2.75) is 52.1 Å². The maximum Gasteiger partial charge on any atom is 0.344 e. The van der Waals surface area contributed by atoms with E-state index < -0.39 is 5.97 Å². The third-order valence-corrected chi connectivity index (χ3v) is 6.16. The molecule has 0 bridgehead atoms. The first kappa shape index (κ1) is 22.2. The number of aryl methyl sites for hydroxylation is 2. The summed E-state index contributed by atoms with van der Waals surface area (Å²) in [6, 6.07) is 8.32. The first-order chi connectivity index (χ1) is 15.4. The third kappa shape index (κ3) is 5.07. The molecule has 0 N–H and O–H groups in total. The van der Waals surface area contributed by atoms with Crippen molar-refractivity contribution in [3.63, 3.8) is 0 Å². The first-order valence-electron chi connectivity index (χ1n) is 10.7. The molecule has 6 nitrogen and oxygen atoms in total. The van der Waals surface area contributed by atoms with Crippen LogP contribution < -0.4 is 14.9 Å². The van der Waals surface area contributed by atoms with Crippen LogP contribution in [0.1, 0.15) is 43.2 Å². The molecule has 3 aromatic rings. The Morgan fingerprint density at radius 3 is 2.50 bits per heavy atom. The minimum absolute atomic E-state index is 0.0129. The molecule has 2 aromatic carbocycles. The lowest BCUT2D eigenvalue weighted by atomic mass is 9.98. The average molecular weight is 457 g/mol. The van der Waals surface area contributed by atoms with Crippen LogP contribution in [0.3, 0.4) is 0 Å². The zero-order valence-electron chi connectivity index (χ0n) is 18.1. The molecule has 0 saturated heterocycles. The van der Waals surface area contributed by atoms with Gasteiger partial charge >= 0.3 is 5.97 Å². The van der Waals surface area contributed by atoms with Gasteiger partial charge in [-0.1, -0.05) is 18.0 Å². The number of hydrogen-bond acceptors (Lipinski definition) is 6. The number of fused-ring (bicyclic) bond motifs is 1. The van der Waals surface area contributed by atoms with E-state index in [1.807, 2.05) is 13.8 Å². The second-order valence-corrected chi connectivity index (χ2v) is 8.48. The molecule has 1 aromatic heterocycles. The molecule has 0 spiro atoms. The van der Waals surface area contributed by atoms with E-state index in [1.54, 1.807) is 30.3 Å². The highest BCUT2D eigenvalue weighted by atomic mass is 35.5. The Kier molecular flexibility index (Phi) is 6.70. The van der Waals surface area contributed by atoms with Crippen LogP contribution in [0.25, 0.3) is 11.0 Å². The van der Waals surface area contributed by atoms with Crippen LogP contribution in [0.15, 0.2) is 45.8 Å². The number of rotatable bonds is 6. The van der Waals surface area contributed by atoms with Crippen molar-refractivity contribution in [1.29, 1.82) is 0 Å². The fourth-order valence-electron chi connectivity index (χ4n) is 3.89. The number of ether oxygens (including phenoxy) is 3.